The van der Waals surface area contributed by atoms with Crippen LogP contribution in [-0.2, 0) is 33.3 Å². The van der Waals surface area contributed by atoms with Crippen molar-refractivity contribution >= 4 is 44.8 Å². The van der Waals surface area contributed by atoms with Gasteiger partial charge in [-0.25, -0.2) is 23.9 Å². The molecule has 36 heavy (non-hydrogen) atoms. The van der Waals surface area contributed by atoms with Gasteiger partial charge < -0.3 is 14.2 Å². The second-order valence-corrected chi connectivity index (χ2v) is 9.62. The van der Waals surface area contributed by atoms with Crippen molar-refractivity contribution in [3.05, 3.63) is 53.7 Å². The van der Waals surface area contributed by atoms with E-state index in [-0.39, 0.29) is 21.9 Å². The monoisotopic (exact) mass is 535 g/mol. The van der Waals surface area contributed by atoms with Crippen LogP contribution in [0.25, 0.3) is 11.2 Å². The van der Waals surface area contributed by atoms with Crippen LogP contribution in [0.3, 0.4) is 0 Å². The van der Waals surface area contributed by atoms with E-state index in [4.69, 9.17) is 30.0 Å². The molecule has 1 aliphatic rings. The Kier molecular flexibility index (Phi) is 6.92. The van der Waals surface area contributed by atoms with Crippen LogP contribution >= 0.6 is 11.6 Å². The normalized spacial score (nSPS) is 23.8. The van der Waals surface area contributed by atoms with Gasteiger partial charge in [-0.05, 0) is 12.1 Å². The molecule has 1 fully saturated rings. The molecule has 2 aromatic heterocycles. The fraction of sp³-hybridized carbons (Fsp3) is 0.333. The largest absolute Gasteiger partial charge is 0.459 e. The molecule has 4 atom stereocenters. The first-order valence-corrected chi connectivity index (χ1v) is 12.4. The highest BCUT2D eigenvalue weighted by atomic mass is 35.5. The first-order valence-electron chi connectivity index (χ1n) is 10.3. The molecule has 3 heterocycles. The Hall–Kier alpha value is -3.64. The average Bonchev–Trinajstić information content (AvgIpc) is 3.37. The molecule has 15 heteroatoms. The summed E-state index contributed by atoms with van der Waals surface area (Å²) in [6.07, 6.45) is -1.44. The summed E-state index contributed by atoms with van der Waals surface area (Å²) in [6, 6.07) is 9.73. The Morgan fingerprint density at radius 1 is 1.25 bits per heavy atom. The van der Waals surface area contributed by atoms with Gasteiger partial charge in [0.15, 0.2) is 23.1 Å². The van der Waals surface area contributed by atoms with Crippen LogP contribution < -0.4 is 0 Å². The second-order valence-electron chi connectivity index (χ2n) is 7.69. The molecule has 1 saturated heterocycles. The summed E-state index contributed by atoms with van der Waals surface area (Å²) in [5.41, 5.74) is -1.92. The van der Waals surface area contributed by atoms with Gasteiger partial charge in [0, 0.05) is 6.92 Å². The number of benzene rings is 1. The molecular weight excluding hydrogens is 518 g/mol. The third kappa shape index (κ3) is 4.86. The Balaban J connectivity index is 1.79. The predicted molar refractivity (Wildman–Crippen MR) is 121 cm³/mol. The summed E-state index contributed by atoms with van der Waals surface area (Å²) in [5.74, 6) is -1.62. The number of hydrogen-bond acceptors (Lipinski definition) is 12. The Bertz CT molecular complexity index is 1460. The van der Waals surface area contributed by atoms with E-state index in [1.165, 1.54) is 29.4 Å². The van der Waals surface area contributed by atoms with Crippen LogP contribution in [0.5, 0.6) is 0 Å². The van der Waals surface area contributed by atoms with Gasteiger partial charge in [-0.3, -0.25) is 9.36 Å². The molecule has 0 saturated carbocycles. The molecule has 0 radical (unpaired) electrons. The minimum Gasteiger partial charge on any atom is -0.459 e. The fourth-order valence-corrected chi connectivity index (χ4v) is 4.75. The number of carbonyl (C=O) groups is 2. The highest BCUT2D eigenvalue weighted by Crippen LogP contribution is 2.44. The zero-order valence-corrected chi connectivity index (χ0v) is 20.3. The molecule has 13 nitrogen and oxygen atoms in total. The lowest BCUT2D eigenvalue weighted by atomic mass is 9.93. The lowest BCUT2D eigenvalue weighted by Crippen LogP contribution is -2.53. The van der Waals surface area contributed by atoms with E-state index in [2.05, 4.69) is 15.0 Å². The van der Waals surface area contributed by atoms with E-state index in [0.717, 1.165) is 6.92 Å². The average molecular weight is 536 g/mol. The number of fused-ring (bicyclic) bond motifs is 1. The van der Waals surface area contributed by atoms with Crippen LogP contribution in [0.15, 0.2) is 43.0 Å². The van der Waals surface area contributed by atoms with E-state index < -0.39 is 52.7 Å². The Morgan fingerprint density at radius 2 is 1.97 bits per heavy atom. The van der Waals surface area contributed by atoms with Gasteiger partial charge in [-0.15, -0.1) is 0 Å². The third-order valence-corrected chi connectivity index (χ3v) is 6.05. The Labute approximate surface area is 209 Å². The lowest BCUT2D eigenvalue weighted by molar-refractivity contribution is -0.157. The van der Waals surface area contributed by atoms with E-state index in [1.54, 1.807) is 24.3 Å². The molecule has 0 unspecified atom stereocenters. The predicted octanol–water partition coefficient (Wildman–Crippen LogP) is 1.40. The number of esters is 2. The van der Waals surface area contributed by atoms with Crippen molar-refractivity contribution in [2.75, 3.05) is 12.9 Å². The number of nitriles is 1. The molecule has 0 aliphatic carbocycles. The molecule has 0 N–H and O–H groups in total. The quantitative estimate of drug-likeness (QED) is 0.242. The van der Waals surface area contributed by atoms with Crippen LogP contribution in [0.1, 0.15) is 23.5 Å². The van der Waals surface area contributed by atoms with Crippen molar-refractivity contribution in [2.45, 2.75) is 31.0 Å². The number of carbonyl (C=O) groups excluding carboxylic acids is 2. The second kappa shape index (κ2) is 9.78. The zero-order chi connectivity index (χ0) is 26.1. The highest BCUT2D eigenvalue weighted by molar-refractivity contribution is 7.86. The number of hydrogen-bond donors (Lipinski definition) is 0. The molecule has 4 rings (SSSR count). The fourth-order valence-electron chi connectivity index (χ4n) is 3.78. The molecule has 1 aromatic carbocycles. The Morgan fingerprint density at radius 3 is 2.61 bits per heavy atom. The first-order chi connectivity index (χ1) is 17.1. The number of aromatic nitrogens is 4. The molecule has 0 amide bonds. The molecule has 188 valence electrons. The van der Waals surface area contributed by atoms with E-state index in [9.17, 15) is 23.3 Å². The van der Waals surface area contributed by atoms with Crippen LogP contribution in [-0.4, -0.2) is 70.5 Å². The molecule has 3 aromatic rings. The summed E-state index contributed by atoms with van der Waals surface area (Å²) in [7, 11) is -4.32. The third-order valence-electron chi connectivity index (χ3n) is 5.19. The summed E-state index contributed by atoms with van der Waals surface area (Å²) >= 11 is 6.22. The van der Waals surface area contributed by atoms with E-state index >= 15 is 0 Å². The van der Waals surface area contributed by atoms with Gasteiger partial charge in [-0.1, -0.05) is 29.8 Å². The maximum atomic E-state index is 12.5. The highest BCUT2D eigenvalue weighted by Gasteiger charge is 2.64. The van der Waals surface area contributed by atoms with Gasteiger partial charge in [0.1, 0.15) is 37.0 Å². The van der Waals surface area contributed by atoms with Crippen molar-refractivity contribution in [3.8, 4) is 6.07 Å². The maximum Gasteiger partial charge on any atom is 0.338 e. The number of rotatable bonds is 7. The first kappa shape index (κ1) is 25.5. The van der Waals surface area contributed by atoms with Gasteiger partial charge in [0.25, 0.3) is 10.1 Å². The summed E-state index contributed by atoms with van der Waals surface area (Å²) < 4.78 is 47.5. The maximum absolute atomic E-state index is 12.5. The van der Waals surface area contributed by atoms with Crippen molar-refractivity contribution in [1.29, 1.82) is 5.26 Å². The van der Waals surface area contributed by atoms with Crippen LogP contribution in [0.2, 0.25) is 5.15 Å². The number of imidazole rings is 1. The van der Waals surface area contributed by atoms with Crippen molar-refractivity contribution < 1.29 is 36.4 Å². The van der Waals surface area contributed by atoms with E-state index in [0.29, 0.717) is 6.26 Å². The van der Waals surface area contributed by atoms with Crippen LogP contribution in [0, 0.1) is 11.3 Å². The molecule has 0 spiro atoms. The number of halogens is 1. The topological polar surface area (TPSA) is 173 Å². The molecule has 1 aliphatic heterocycles. The van der Waals surface area contributed by atoms with E-state index in [1.807, 2.05) is 0 Å². The van der Waals surface area contributed by atoms with Crippen LogP contribution in [0.4, 0.5) is 0 Å². The van der Waals surface area contributed by atoms with Crippen molar-refractivity contribution in [2.24, 2.45) is 0 Å². The molecule has 0 bridgehead atoms. The minimum atomic E-state index is -4.32. The summed E-state index contributed by atoms with van der Waals surface area (Å²) in [6.45, 7) is 0.437. The van der Waals surface area contributed by atoms with Gasteiger partial charge >= 0.3 is 11.9 Å². The van der Waals surface area contributed by atoms with Gasteiger partial charge in [0.2, 0.25) is 5.60 Å². The molecular formula is C21H18ClN5O8S. The summed E-state index contributed by atoms with van der Waals surface area (Å²) in [5, 5.41) is 10.1. The number of ether oxygens (including phenoxy) is 3. The smallest absolute Gasteiger partial charge is 0.338 e. The lowest BCUT2D eigenvalue weighted by Gasteiger charge is -2.30. The number of nitrogens with zero attached hydrogens (tertiary/aromatic N) is 5. The van der Waals surface area contributed by atoms with Gasteiger partial charge in [-0.2, -0.15) is 13.7 Å². The summed E-state index contributed by atoms with van der Waals surface area (Å²) in [4.78, 5) is 36.5. The van der Waals surface area contributed by atoms with Crippen molar-refractivity contribution in [1.82, 2.24) is 19.5 Å². The van der Waals surface area contributed by atoms with Gasteiger partial charge in [0.05, 0.1) is 11.8 Å². The minimum absolute atomic E-state index is 0.0341. The SMILES string of the molecule is CC(=O)O[C@H]1[C@H](n2cnc3ncnc(Cl)c32)O[C@H](COC(=O)c2ccccc2)[C@@]1(C#N)OS(C)(=O)=O. The van der Waals surface area contributed by atoms with Crippen molar-refractivity contribution in [3.63, 3.8) is 0 Å². The zero-order valence-electron chi connectivity index (χ0n) is 18.8. The standard InChI is InChI=1S/C21H18ClN5O8S/c1-12(28)33-16-19(27-11-26-18-15(27)17(22)24-10-25-18)34-14(21(16,9-23)35-36(2,30)31)8-32-20(29)13-6-4-3-5-7-13/h3-7,10-11,14,16,19H,8H2,1-2H3/t14-,16+,19-,21-/m1/s1.